The number of carbonyl (C=O) groups is 1. The van der Waals surface area contributed by atoms with Crippen LogP contribution in [0.4, 0.5) is 0 Å². The number of aliphatic carboxylic acids is 1. The number of aromatic nitrogens is 1. The van der Waals surface area contributed by atoms with Crippen molar-refractivity contribution in [1.29, 1.82) is 0 Å². The molecule has 1 heterocycles. The van der Waals surface area contributed by atoms with Crippen LogP contribution in [0.15, 0.2) is 15.9 Å². The molecule has 1 aromatic heterocycles. The summed E-state index contributed by atoms with van der Waals surface area (Å²) in [5.41, 5.74) is 0.771. The molecule has 0 aliphatic carbocycles. The third-order valence-electron chi connectivity index (χ3n) is 1.67. The van der Waals surface area contributed by atoms with Crippen LogP contribution in [0.25, 0.3) is 0 Å². The van der Waals surface area contributed by atoms with E-state index in [-0.39, 0.29) is 0 Å². The van der Waals surface area contributed by atoms with Crippen LogP contribution >= 0.6 is 11.8 Å². The molecule has 1 atom stereocenters. The second-order valence-electron chi connectivity index (χ2n) is 2.99. The zero-order chi connectivity index (χ0) is 10.6. The Morgan fingerprint density at radius 2 is 2.50 bits per heavy atom. The van der Waals surface area contributed by atoms with Gasteiger partial charge >= 0.3 is 5.97 Å². The number of carboxylic acids is 1. The summed E-state index contributed by atoms with van der Waals surface area (Å²) in [6.45, 7) is 3.76. The van der Waals surface area contributed by atoms with Gasteiger partial charge in [-0.2, -0.15) is 0 Å². The lowest BCUT2D eigenvalue weighted by molar-refractivity contribution is -0.136. The fourth-order valence-corrected chi connectivity index (χ4v) is 2.00. The minimum Gasteiger partial charge on any atom is -0.480 e. The van der Waals surface area contributed by atoms with Crippen LogP contribution in [-0.2, 0) is 4.79 Å². The van der Waals surface area contributed by atoms with E-state index in [1.165, 1.54) is 6.26 Å². The van der Waals surface area contributed by atoms with Gasteiger partial charge in [-0.25, -0.2) is 4.98 Å². The lowest BCUT2D eigenvalue weighted by atomic mass is 10.2. The van der Waals surface area contributed by atoms with Crippen LogP contribution in [0.3, 0.4) is 0 Å². The predicted molar refractivity (Wildman–Crippen MR) is 53.4 cm³/mol. The maximum atomic E-state index is 10.8. The SMILES string of the molecule is CCCC(Sc1nc(C)co1)C(=O)O. The summed E-state index contributed by atoms with van der Waals surface area (Å²) in [5.74, 6) is -0.812. The fraction of sp³-hybridized carbons (Fsp3) is 0.556. The molecule has 0 fully saturated rings. The first-order chi connectivity index (χ1) is 6.63. The van der Waals surface area contributed by atoms with E-state index >= 15 is 0 Å². The highest BCUT2D eigenvalue weighted by Gasteiger charge is 2.20. The van der Waals surface area contributed by atoms with E-state index in [1.807, 2.05) is 13.8 Å². The molecule has 0 aliphatic rings. The summed E-state index contributed by atoms with van der Waals surface area (Å²) < 4.78 is 5.08. The summed E-state index contributed by atoms with van der Waals surface area (Å²) in [6, 6.07) is 0. The molecule has 0 aliphatic heterocycles. The second-order valence-corrected chi connectivity index (χ2v) is 4.14. The fourth-order valence-electron chi connectivity index (χ4n) is 1.00. The van der Waals surface area contributed by atoms with Crippen molar-refractivity contribution in [3.63, 3.8) is 0 Å². The van der Waals surface area contributed by atoms with Gasteiger partial charge in [-0.05, 0) is 13.3 Å². The zero-order valence-electron chi connectivity index (χ0n) is 8.19. The van der Waals surface area contributed by atoms with E-state index in [4.69, 9.17) is 9.52 Å². The van der Waals surface area contributed by atoms with Crippen molar-refractivity contribution in [3.05, 3.63) is 12.0 Å². The number of hydrogen-bond donors (Lipinski definition) is 1. The van der Waals surface area contributed by atoms with Gasteiger partial charge in [0.15, 0.2) is 0 Å². The molecule has 78 valence electrons. The van der Waals surface area contributed by atoms with Crippen molar-refractivity contribution in [2.45, 2.75) is 37.2 Å². The van der Waals surface area contributed by atoms with Crippen molar-refractivity contribution in [2.75, 3.05) is 0 Å². The van der Waals surface area contributed by atoms with E-state index in [0.717, 1.165) is 23.9 Å². The van der Waals surface area contributed by atoms with E-state index < -0.39 is 11.2 Å². The topological polar surface area (TPSA) is 63.3 Å². The Kier molecular flexibility index (Phi) is 4.00. The summed E-state index contributed by atoms with van der Waals surface area (Å²) in [4.78, 5) is 14.9. The van der Waals surface area contributed by atoms with Gasteiger partial charge in [0.1, 0.15) is 11.5 Å². The molecule has 0 saturated carbocycles. The normalized spacial score (nSPS) is 12.7. The van der Waals surface area contributed by atoms with Crippen LogP contribution < -0.4 is 0 Å². The third kappa shape index (κ3) is 3.06. The van der Waals surface area contributed by atoms with E-state index in [1.54, 1.807) is 0 Å². The molecule has 0 radical (unpaired) electrons. The molecule has 0 bridgehead atoms. The summed E-state index contributed by atoms with van der Waals surface area (Å²) in [7, 11) is 0. The van der Waals surface area contributed by atoms with Gasteiger partial charge in [-0.3, -0.25) is 4.79 Å². The molecule has 0 amide bonds. The van der Waals surface area contributed by atoms with Gasteiger partial charge in [-0.1, -0.05) is 25.1 Å². The van der Waals surface area contributed by atoms with Crippen molar-refractivity contribution in [1.82, 2.24) is 4.98 Å². The quantitative estimate of drug-likeness (QED) is 0.764. The molecule has 1 rings (SSSR count). The number of nitrogens with zero attached hydrogens (tertiary/aromatic N) is 1. The number of oxazole rings is 1. The summed E-state index contributed by atoms with van der Waals surface area (Å²) in [6.07, 6.45) is 2.98. The Morgan fingerprint density at radius 3 is 2.93 bits per heavy atom. The zero-order valence-corrected chi connectivity index (χ0v) is 9.00. The van der Waals surface area contributed by atoms with Gasteiger partial charge < -0.3 is 9.52 Å². The van der Waals surface area contributed by atoms with Crippen LogP contribution in [-0.4, -0.2) is 21.3 Å². The number of thioether (sulfide) groups is 1. The van der Waals surface area contributed by atoms with Crippen molar-refractivity contribution in [2.24, 2.45) is 0 Å². The average Bonchev–Trinajstić information content (AvgIpc) is 2.50. The Labute approximate surface area is 86.7 Å². The van der Waals surface area contributed by atoms with Gasteiger partial charge in [-0.15, -0.1) is 0 Å². The third-order valence-corrected chi connectivity index (χ3v) is 2.78. The van der Waals surface area contributed by atoms with Crippen molar-refractivity contribution in [3.8, 4) is 0 Å². The second kappa shape index (κ2) is 5.05. The van der Waals surface area contributed by atoms with Gasteiger partial charge in [0, 0.05) is 0 Å². The van der Waals surface area contributed by atoms with Gasteiger partial charge in [0.25, 0.3) is 5.22 Å². The summed E-state index contributed by atoms with van der Waals surface area (Å²) >= 11 is 1.16. The van der Waals surface area contributed by atoms with Crippen molar-refractivity contribution < 1.29 is 14.3 Å². The molecule has 1 aromatic rings. The minimum absolute atomic E-state index is 0.434. The Morgan fingerprint density at radius 1 is 1.79 bits per heavy atom. The molecule has 4 nitrogen and oxygen atoms in total. The minimum atomic E-state index is -0.812. The molecule has 0 aromatic carbocycles. The Balaban J connectivity index is 2.59. The number of aryl methyl sites for hydroxylation is 1. The first kappa shape index (κ1) is 11.1. The molecule has 0 saturated heterocycles. The molecular weight excluding hydrogens is 202 g/mol. The first-order valence-corrected chi connectivity index (χ1v) is 5.33. The molecule has 14 heavy (non-hydrogen) atoms. The Hall–Kier alpha value is -0.970. The van der Waals surface area contributed by atoms with Crippen LogP contribution in [0.2, 0.25) is 0 Å². The van der Waals surface area contributed by atoms with E-state index in [9.17, 15) is 4.79 Å². The Bertz CT molecular complexity index is 311. The summed E-state index contributed by atoms with van der Waals surface area (Å²) in [5, 5.41) is 8.86. The number of rotatable bonds is 5. The number of hydrogen-bond acceptors (Lipinski definition) is 4. The monoisotopic (exact) mass is 215 g/mol. The smallest absolute Gasteiger partial charge is 0.317 e. The molecule has 5 heteroatoms. The lowest BCUT2D eigenvalue weighted by Crippen LogP contribution is -2.15. The predicted octanol–water partition coefficient (Wildman–Crippen LogP) is 2.33. The maximum absolute atomic E-state index is 10.8. The highest BCUT2D eigenvalue weighted by Crippen LogP contribution is 2.25. The van der Waals surface area contributed by atoms with E-state index in [0.29, 0.717) is 11.6 Å². The molecule has 1 unspecified atom stereocenters. The van der Waals surface area contributed by atoms with Crippen molar-refractivity contribution >= 4 is 17.7 Å². The van der Waals surface area contributed by atoms with Crippen LogP contribution in [0.1, 0.15) is 25.5 Å². The maximum Gasteiger partial charge on any atom is 0.317 e. The first-order valence-electron chi connectivity index (χ1n) is 4.45. The standard InChI is InChI=1S/C9H13NO3S/c1-3-4-7(8(11)12)14-9-10-6(2)5-13-9/h5,7H,3-4H2,1-2H3,(H,11,12). The van der Waals surface area contributed by atoms with Crippen LogP contribution in [0, 0.1) is 6.92 Å². The van der Waals surface area contributed by atoms with Gasteiger partial charge in [0.2, 0.25) is 0 Å². The molecular formula is C9H13NO3S. The van der Waals surface area contributed by atoms with Gasteiger partial charge in [0.05, 0.1) is 5.69 Å². The largest absolute Gasteiger partial charge is 0.480 e. The molecule has 0 spiro atoms. The average molecular weight is 215 g/mol. The lowest BCUT2D eigenvalue weighted by Gasteiger charge is -2.06. The van der Waals surface area contributed by atoms with E-state index in [2.05, 4.69) is 4.98 Å². The molecule has 1 N–H and O–H groups in total. The van der Waals surface area contributed by atoms with Crippen LogP contribution in [0.5, 0.6) is 0 Å². The highest BCUT2D eigenvalue weighted by atomic mass is 32.2. The number of carboxylic acid groups (broad SMARTS) is 1. The highest BCUT2D eigenvalue weighted by molar-refractivity contribution is 8.00.